The Bertz CT molecular complexity index is 1060. The molecule has 0 bridgehead atoms. The summed E-state index contributed by atoms with van der Waals surface area (Å²) >= 11 is 0. The number of hydrogen-bond acceptors (Lipinski definition) is 6. The molecule has 1 atom stereocenters. The minimum Gasteiger partial charge on any atom is -0.507 e. The van der Waals surface area contributed by atoms with Gasteiger partial charge in [0.15, 0.2) is 0 Å². The van der Waals surface area contributed by atoms with E-state index in [1.165, 1.54) is 0 Å². The van der Waals surface area contributed by atoms with Gasteiger partial charge in [0.05, 0.1) is 23.3 Å². The predicted molar refractivity (Wildman–Crippen MR) is 105 cm³/mol. The molecule has 2 aromatic heterocycles. The van der Waals surface area contributed by atoms with Crippen LogP contribution in [0.1, 0.15) is 18.4 Å². The van der Waals surface area contributed by atoms with Gasteiger partial charge in [-0.1, -0.05) is 0 Å². The Morgan fingerprint density at radius 3 is 2.74 bits per heavy atom. The van der Waals surface area contributed by atoms with E-state index in [-0.39, 0.29) is 18.3 Å². The van der Waals surface area contributed by atoms with E-state index in [1.54, 1.807) is 22.7 Å². The molecule has 1 aliphatic rings. The summed E-state index contributed by atoms with van der Waals surface area (Å²) in [5.41, 5.74) is -1.41. The monoisotopic (exact) mass is 439 g/mol. The maximum Gasteiger partial charge on any atom is 0.416 e. The molecule has 1 saturated heterocycles. The van der Waals surface area contributed by atoms with Crippen LogP contribution in [0.3, 0.4) is 0 Å². The number of phenols is 1. The number of β-amino-alcohol motifs (C(OH)–C–C–N with tert-alkyl or cyclic N) is 1. The third kappa shape index (κ3) is 4.28. The Morgan fingerprint density at radius 1 is 1.23 bits per heavy atom. The lowest BCUT2D eigenvalue weighted by atomic mass is 10.1. The lowest BCUT2D eigenvalue weighted by Gasteiger charge is -2.32. The van der Waals surface area contributed by atoms with Gasteiger partial charge in [0, 0.05) is 25.3 Å². The number of aliphatic hydroxyl groups is 1. The summed E-state index contributed by atoms with van der Waals surface area (Å²) in [7, 11) is 0. The summed E-state index contributed by atoms with van der Waals surface area (Å²) in [5, 5.41) is 30.7. The van der Waals surface area contributed by atoms with Gasteiger partial charge in [0.25, 0.3) is 0 Å². The summed E-state index contributed by atoms with van der Waals surface area (Å²) in [4.78, 5) is 2.13. The van der Waals surface area contributed by atoms with Crippen LogP contribution in [0.4, 0.5) is 23.5 Å². The van der Waals surface area contributed by atoms with Gasteiger partial charge in [-0.15, -0.1) is 10.2 Å². The van der Waals surface area contributed by atoms with Crippen molar-refractivity contribution < 1.29 is 27.8 Å². The highest BCUT2D eigenvalue weighted by Gasteiger charge is 2.33. The van der Waals surface area contributed by atoms with Gasteiger partial charge >= 0.3 is 6.18 Å². The molecule has 4 rings (SSSR count). The third-order valence-corrected chi connectivity index (χ3v) is 5.35. The molecule has 7 nitrogen and oxygen atoms in total. The van der Waals surface area contributed by atoms with Crippen LogP contribution in [0, 0.1) is 5.82 Å². The molecule has 1 aromatic carbocycles. The number of rotatable bonds is 5. The Hall–Kier alpha value is -2.92. The van der Waals surface area contributed by atoms with Crippen LogP contribution in [-0.2, 0) is 6.18 Å². The first-order chi connectivity index (χ1) is 14.8. The van der Waals surface area contributed by atoms with Crippen molar-refractivity contribution in [1.29, 1.82) is 0 Å². The number of aromatic nitrogens is 3. The molecule has 0 spiro atoms. The predicted octanol–water partition coefficient (Wildman–Crippen LogP) is 3.13. The van der Waals surface area contributed by atoms with E-state index < -0.39 is 28.9 Å². The normalized spacial score (nSPS) is 17.9. The minimum atomic E-state index is -4.79. The Labute approximate surface area is 174 Å². The zero-order valence-electron chi connectivity index (χ0n) is 16.4. The highest BCUT2D eigenvalue weighted by atomic mass is 19.4. The molecule has 0 aliphatic carbocycles. The van der Waals surface area contributed by atoms with Crippen LogP contribution in [0.25, 0.3) is 16.8 Å². The highest BCUT2D eigenvalue weighted by molar-refractivity contribution is 5.81. The molecule has 11 heteroatoms. The van der Waals surface area contributed by atoms with E-state index in [1.807, 2.05) is 0 Å². The summed E-state index contributed by atoms with van der Waals surface area (Å²) in [6.45, 7) is 2.26. The van der Waals surface area contributed by atoms with Crippen molar-refractivity contribution in [3.63, 3.8) is 0 Å². The third-order valence-electron chi connectivity index (χ3n) is 5.35. The molecule has 31 heavy (non-hydrogen) atoms. The van der Waals surface area contributed by atoms with E-state index in [0.717, 1.165) is 19.4 Å². The second kappa shape index (κ2) is 8.31. The van der Waals surface area contributed by atoms with Crippen molar-refractivity contribution in [2.45, 2.75) is 25.1 Å². The fourth-order valence-corrected chi connectivity index (χ4v) is 3.92. The van der Waals surface area contributed by atoms with Gasteiger partial charge in [-0.3, -0.25) is 9.30 Å². The number of piperidine rings is 1. The molecule has 3 aromatic rings. The summed E-state index contributed by atoms with van der Waals surface area (Å²) in [5.74, 6) is -1.71. The topological polar surface area (TPSA) is 85.9 Å². The zero-order chi connectivity index (χ0) is 22.2. The number of phenolic OH excluding ortho intramolecular Hbond substituents is 1. The molecule has 0 saturated carbocycles. The lowest BCUT2D eigenvalue weighted by molar-refractivity contribution is -0.137. The molecule has 0 amide bonds. The molecule has 1 aliphatic heterocycles. The van der Waals surface area contributed by atoms with Crippen molar-refractivity contribution in [3.8, 4) is 17.0 Å². The van der Waals surface area contributed by atoms with E-state index >= 15 is 0 Å². The van der Waals surface area contributed by atoms with Crippen LogP contribution < -0.4 is 5.32 Å². The number of nitrogens with one attached hydrogen (secondary N) is 1. The fourth-order valence-electron chi connectivity index (χ4n) is 3.92. The molecular weight excluding hydrogens is 418 g/mol. The molecule has 3 heterocycles. The van der Waals surface area contributed by atoms with Gasteiger partial charge in [0.2, 0.25) is 5.95 Å². The van der Waals surface area contributed by atoms with Crippen molar-refractivity contribution in [3.05, 3.63) is 41.8 Å². The second-order valence-corrected chi connectivity index (χ2v) is 7.49. The Balaban J connectivity index is 1.68. The number of anilines is 1. The van der Waals surface area contributed by atoms with Crippen molar-refractivity contribution in [2.24, 2.45) is 0 Å². The van der Waals surface area contributed by atoms with Crippen LogP contribution in [0.15, 0.2) is 30.5 Å². The van der Waals surface area contributed by atoms with Gasteiger partial charge in [-0.2, -0.15) is 13.2 Å². The number of nitrogens with zero attached hydrogens (tertiary/aromatic N) is 4. The van der Waals surface area contributed by atoms with Crippen molar-refractivity contribution in [2.75, 3.05) is 31.6 Å². The second-order valence-electron chi connectivity index (χ2n) is 7.49. The zero-order valence-corrected chi connectivity index (χ0v) is 16.4. The molecule has 0 radical (unpaired) electrons. The first-order valence-corrected chi connectivity index (χ1v) is 9.81. The Kier molecular flexibility index (Phi) is 5.71. The van der Waals surface area contributed by atoms with E-state index in [9.17, 15) is 22.7 Å². The fraction of sp³-hybridized carbons (Fsp3) is 0.400. The largest absolute Gasteiger partial charge is 0.507 e. The van der Waals surface area contributed by atoms with Crippen LogP contribution >= 0.6 is 0 Å². The van der Waals surface area contributed by atoms with E-state index in [4.69, 9.17) is 5.11 Å². The SMILES string of the molecule is OCCN1CCC[C@@H](Nc2nnc(-c3c(O)cc(C(F)(F)F)cc3F)c3cccn23)C1. The molecule has 1 fully saturated rings. The average molecular weight is 439 g/mol. The van der Waals surface area contributed by atoms with E-state index in [0.29, 0.717) is 36.7 Å². The summed E-state index contributed by atoms with van der Waals surface area (Å²) in [6.07, 6.45) is -1.28. The Morgan fingerprint density at radius 2 is 2.03 bits per heavy atom. The summed E-state index contributed by atoms with van der Waals surface area (Å²) < 4.78 is 54.9. The van der Waals surface area contributed by atoms with Crippen molar-refractivity contribution >= 4 is 11.5 Å². The number of halogens is 4. The smallest absolute Gasteiger partial charge is 0.416 e. The van der Waals surface area contributed by atoms with Crippen LogP contribution in [0.2, 0.25) is 0 Å². The van der Waals surface area contributed by atoms with E-state index in [2.05, 4.69) is 20.4 Å². The minimum absolute atomic E-state index is 0.0576. The maximum atomic E-state index is 14.6. The van der Waals surface area contributed by atoms with Gasteiger partial charge in [-0.05, 0) is 43.7 Å². The molecule has 166 valence electrons. The maximum absolute atomic E-state index is 14.6. The molecular formula is C20H21F4N5O2. The van der Waals surface area contributed by atoms with Gasteiger partial charge in [-0.25, -0.2) is 4.39 Å². The van der Waals surface area contributed by atoms with Crippen molar-refractivity contribution in [1.82, 2.24) is 19.5 Å². The van der Waals surface area contributed by atoms with Crippen LogP contribution in [0.5, 0.6) is 5.75 Å². The lowest BCUT2D eigenvalue weighted by Crippen LogP contribution is -2.43. The highest BCUT2D eigenvalue weighted by Crippen LogP contribution is 2.39. The number of aliphatic hydroxyl groups excluding tert-OH is 1. The molecule has 0 unspecified atom stereocenters. The first-order valence-electron chi connectivity index (χ1n) is 9.81. The number of fused-ring (bicyclic) bond motifs is 1. The first kappa shape index (κ1) is 21.3. The number of likely N-dealkylation sites (tertiary alicyclic amines) is 1. The number of alkyl halides is 3. The number of hydrogen-bond donors (Lipinski definition) is 3. The van der Waals surface area contributed by atoms with Crippen LogP contribution in [-0.4, -0.2) is 62.0 Å². The van der Waals surface area contributed by atoms with Gasteiger partial charge in [0.1, 0.15) is 17.3 Å². The number of aromatic hydroxyl groups is 1. The standard InChI is InChI=1S/C20H21F4N5O2/c21-14-9-12(20(22,23)24)10-16(31)17(14)18-15-4-2-6-29(15)19(27-26-18)25-13-3-1-5-28(11-13)7-8-30/h2,4,6,9-10,13,30-31H,1,3,5,7-8,11H2,(H,25,27)/t13-/m1/s1. The quantitative estimate of drug-likeness (QED) is 0.530. The summed E-state index contributed by atoms with van der Waals surface area (Å²) in [6, 6.07) is 4.15. The number of benzene rings is 1. The average Bonchev–Trinajstić information content (AvgIpc) is 3.19. The van der Waals surface area contributed by atoms with Gasteiger partial charge < -0.3 is 15.5 Å². The molecule has 3 N–H and O–H groups in total.